The first kappa shape index (κ1) is 16.3. The highest BCUT2D eigenvalue weighted by molar-refractivity contribution is 7.92. The Morgan fingerprint density at radius 1 is 1.26 bits per heavy atom. The molecule has 0 aromatic heterocycles. The average Bonchev–Trinajstić information content (AvgIpc) is 3.15. The Hall–Kier alpha value is -1.60. The van der Waals surface area contributed by atoms with Crippen LogP contribution in [0, 0.1) is 18.3 Å². The third kappa shape index (κ3) is 3.67. The van der Waals surface area contributed by atoms with Crippen molar-refractivity contribution in [2.75, 3.05) is 29.4 Å². The van der Waals surface area contributed by atoms with Crippen LogP contribution in [0.5, 0.6) is 0 Å². The fraction of sp³-hybridized carbons (Fsp3) is 0.562. The molecule has 3 N–H and O–H groups in total. The molecule has 0 bridgehead atoms. The van der Waals surface area contributed by atoms with Gasteiger partial charge in [-0.05, 0) is 62.4 Å². The molecule has 1 atom stereocenters. The Balaban J connectivity index is 1.75. The first-order valence-corrected chi connectivity index (χ1v) is 9.78. The minimum atomic E-state index is -3.39. The molecule has 1 saturated heterocycles. The summed E-state index contributed by atoms with van der Waals surface area (Å²) in [5.74, 6) is 0.0326. The monoisotopic (exact) mass is 337 g/mol. The summed E-state index contributed by atoms with van der Waals surface area (Å²) in [5.41, 5.74) is 2.05. The van der Waals surface area contributed by atoms with Crippen LogP contribution in [0.1, 0.15) is 24.8 Å². The number of amides is 1. The van der Waals surface area contributed by atoms with Crippen LogP contribution in [0.4, 0.5) is 11.4 Å². The molecule has 2 aliphatic rings. The number of hydrogen-bond donors (Lipinski definition) is 3. The molecule has 0 radical (unpaired) electrons. The van der Waals surface area contributed by atoms with Gasteiger partial charge in [-0.25, -0.2) is 8.42 Å². The number of nitrogens with one attached hydrogen (secondary N) is 3. The summed E-state index contributed by atoms with van der Waals surface area (Å²) in [6, 6.07) is 5.29. The van der Waals surface area contributed by atoms with Crippen molar-refractivity contribution in [1.82, 2.24) is 5.32 Å². The molecule has 1 heterocycles. The van der Waals surface area contributed by atoms with Gasteiger partial charge in [-0.3, -0.25) is 9.52 Å². The van der Waals surface area contributed by atoms with Gasteiger partial charge >= 0.3 is 0 Å². The molecule has 126 valence electrons. The summed E-state index contributed by atoms with van der Waals surface area (Å²) in [6.07, 6.45) is 4.10. The van der Waals surface area contributed by atoms with Crippen molar-refractivity contribution in [1.29, 1.82) is 0 Å². The van der Waals surface area contributed by atoms with Gasteiger partial charge in [0.15, 0.2) is 0 Å². The standard InChI is InChI=1S/C16H23N3O3S/c1-11-3-4-13(19-23(2,21)22)14(9-11)18-15(20)12-10-16(12)5-7-17-8-6-16/h3-4,9,12,17,19H,5-8,10H2,1-2H3,(H,18,20). The second-order valence-corrected chi connectivity index (χ2v) is 8.53. The van der Waals surface area contributed by atoms with Crippen molar-refractivity contribution in [3.05, 3.63) is 23.8 Å². The van der Waals surface area contributed by atoms with Crippen LogP contribution < -0.4 is 15.4 Å². The molecule has 1 aromatic carbocycles. The third-order valence-corrected chi connectivity index (χ3v) is 5.42. The average molecular weight is 337 g/mol. The zero-order valence-corrected chi connectivity index (χ0v) is 14.3. The first-order valence-electron chi connectivity index (χ1n) is 7.89. The van der Waals surface area contributed by atoms with E-state index in [9.17, 15) is 13.2 Å². The Morgan fingerprint density at radius 3 is 2.61 bits per heavy atom. The van der Waals surface area contributed by atoms with Crippen LogP contribution in [-0.4, -0.2) is 33.7 Å². The van der Waals surface area contributed by atoms with Gasteiger partial charge in [-0.1, -0.05) is 6.07 Å². The molecule has 1 saturated carbocycles. The number of carbonyl (C=O) groups is 1. The van der Waals surface area contributed by atoms with E-state index in [1.54, 1.807) is 12.1 Å². The highest BCUT2D eigenvalue weighted by atomic mass is 32.2. The van der Waals surface area contributed by atoms with E-state index in [-0.39, 0.29) is 17.2 Å². The lowest BCUT2D eigenvalue weighted by molar-refractivity contribution is -0.118. The van der Waals surface area contributed by atoms with Crippen LogP contribution in [0.3, 0.4) is 0 Å². The third-order valence-electron chi connectivity index (χ3n) is 4.83. The molecule has 1 aliphatic carbocycles. The number of anilines is 2. The Kier molecular flexibility index (Phi) is 4.10. The van der Waals surface area contributed by atoms with Gasteiger partial charge in [0.1, 0.15) is 0 Å². The van der Waals surface area contributed by atoms with E-state index in [0.29, 0.717) is 11.4 Å². The van der Waals surface area contributed by atoms with Gasteiger partial charge in [-0.2, -0.15) is 0 Å². The number of hydrogen-bond acceptors (Lipinski definition) is 4. The second kappa shape index (κ2) is 5.79. The van der Waals surface area contributed by atoms with E-state index in [1.807, 2.05) is 13.0 Å². The van der Waals surface area contributed by atoms with Gasteiger partial charge in [0.25, 0.3) is 0 Å². The molecule has 1 aromatic rings. The zero-order valence-electron chi connectivity index (χ0n) is 13.5. The van der Waals surface area contributed by atoms with Crippen molar-refractivity contribution in [3.63, 3.8) is 0 Å². The van der Waals surface area contributed by atoms with Gasteiger partial charge in [-0.15, -0.1) is 0 Å². The van der Waals surface area contributed by atoms with E-state index < -0.39 is 10.0 Å². The van der Waals surface area contributed by atoms with E-state index in [4.69, 9.17) is 0 Å². The van der Waals surface area contributed by atoms with E-state index in [0.717, 1.165) is 44.2 Å². The summed E-state index contributed by atoms with van der Waals surface area (Å²) in [6.45, 7) is 3.84. The highest BCUT2D eigenvalue weighted by Crippen LogP contribution is 2.58. The number of aryl methyl sites for hydroxylation is 1. The van der Waals surface area contributed by atoms with Crippen LogP contribution >= 0.6 is 0 Å². The second-order valence-electron chi connectivity index (χ2n) is 6.78. The van der Waals surface area contributed by atoms with Crippen LogP contribution in [-0.2, 0) is 14.8 Å². The molecule has 3 rings (SSSR count). The molecule has 1 unspecified atom stereocenters. The van der Waals surface area contributed by atoms with Gasteiger partial charge in [0, 0.05) is 5.92 Å². The zero-order chi connectivity index (χ0) is 16.7. The van der Waals surface area contributed by atoms with Crippen molar-refractivity contribution in [3.8, 4) is 0 Å². The smallest absolute Gasteiger partial charge is 0.229 e. The summed E-state index contributed by atoms with van der Waals surface area (Å²) in [5, 5.41) is 6.24. The predicted molar refractivity (Wildman–Crippen MR) is 90.9 cm³/mol. The van der Waals surface area contributed by atoms with E-state index in [1.165, 1.54) is 0 Å². The van der Waals surface area contributed by atoms with E-state index in [2.05, 4.69) is 15.4 Å². The molecule has 2 fully saturated rings. The number of piperidine rings is 1. The molecule has 1 amide bonds. The summed E-state index contributed by atoms with van der Waals surface area (Å²) in [7, 11) is -3.39. The highest BCUT2D eigenvalue weighted by Gasteiger charge is 2.57. The van der Waals surface area contributed by atoms with Crippen LogP contribution in [0.2, 0.25) is 0 Å². The SMILES string of the molecule is Cc1ccc(NS(C)(=O)=O)c(NC(=O)C2CC23CCNCC3)c1. The van der Waals surface area contributed by atoms with Crippen molar-refractivity contribution in [2.45, 2.75) is 26.2 Å². The number of sulfonamides is 1. The van der Waals surface area contributed by atoms with Gasteiger partial charge in [0.2, 0.25) is 15.9 Å². The molecular weight excluding hydrogens is 314 g/mol. The predicted octanol–water partition coefficient (Wildman–Crippen LogP) is 1.69. The molecule has 6 nitrogen and oxygen atoms in total. The maximum Gasteiger partial charge on any atom is 0.229 e. The summed E-state index contributed by atoms with van der Waals surface area (Å²) < 4.78 is 25.4. The van der Waals surface area contributed by atoms with Crippen LogP contribution in [0.15, 0.2) is 18.2 Å². The lowest BCUT2D eigenvalue weighted by atomic mass is 9.92. The molecule has 23 heavy (non-hydrogen) atoms. The van der Waals surface area contributed by atoms with Crippen molar-refractivity contribution < 1.29 is 13.2 Å². The Labute approximate surface area is 137 Å². The lowest BCUT2D eigenvalue weighted by Crippen LogP contribution is -2.31. The van der Waals surface area contributed by atoms with Crippen molar-refractivity contribution in [2.24, 2.45) is 11.3 Å². The minimum absolute atomic E-state index is 0.00551. The first-order chi connectivity index (χ1) is 10.8. The summed E-state index contributed by atoms with van der Waals surface area (Å²) >= 11 is 0. The fourth-order valence-corrected chi connectivity index (χ4v) is 4.04. The van der Waals surface area contributed by atoms with Gasteiger partial charge < -0.3 is 10.6 Å². The largest absolute Gasteiger partial charge is 0.324 e. The number of rotatable bonds is 4. The fourth-order valence-electron chi connectivity index (χ4n) is 3.47. The molecule has 1 aliphatic heterocycles. The topological polar surface area (TPSA) is 87.3 Å². The lowest BCUT2D eigenvalue weighted by Gasteiger charge is -2.23. The minimum Gasteiger partial charge on any atom is -0.324 e. The maximum atomic E-state index is 12.6. The quantitative estimate of drug-likeness (QED) is 0.780. The van der Waals surface area contributed by atoms with Gasteiger partial charge in [0.05, 0.1) is 17.6 Å². The number of benzene rings is 1. The van der Waals surface area contributed by atoms with Crippen molar-refractivity contribution >= 4 is 27.3 Å². The molecular formula is C16H23N3O3S. The normalized spacial score (nSPS) is 22.6. The number of carbonyl (C=O) groups excluding carboxylic acids is 1. The Morgan fingerprint density at radius 2 is 1.96 bits per heavy atom. The maximum absolute atomic E-state index is 12.6. The summed E-state index contributed by atoms with van der Waals surface area (Å²) in [4.78, 5) is 12.6. The van der Waals surface area contributed by atoms with Crippen LogP contribution in [0.25, 0.3) is 0 Å². The van der Waals surface area contributed by atoms with E-state index >= 15 is 0 Å². The molecule has 7 heteroatoms. The molecule has 1 spiro atoms. The Bertz CT molecular complexity index is 724.